The lowest BCUT2D eigenvalue weighted by Gasteiger charge is -2.10. The van der Waals surface area contributed by atoms with Crippen LogP contribution in [-0.4, -0.2) is 124 Å². The number of amidine groups is 4. The van der Waals surface area contributed by atoms with Crippen molar-refractivity contribution in [1.82, 2.24) is 0 Å². The molecule has 0 bridgehead atoms. The summed E-state index contributed by atoms with van der Waals surface area (Å²) < 4.78 is 0. The molecule has 0 aliphatic rings. The highest BCUT2D eigenvalue weighted by atomic mass is 17.1. The molecule has 0 aromatic rings. The normalized spacial score (nSPS) is 10.2. The van der Waals surface area contributed by atoms with Crippen LogP contribution in [0.1, 0.15) is 106 Å². The van der Waals surface area contributed by atoms with E-state index in [1.165, 1.54) is 0 Å². The minimum Gasteiger partial charge on any atom is -0.662 e. The van der Waals surface area contributed by atoms with Gasteiger partial charge < -0.3 is 104 Å². The number of nitrogens with one attached hydrogen (secondary N) is 1. The van der Waals surface area contributed by atoms with E-state index in [9.17, 15) is 29.4 Å². The van der Waals surface area contributed by atoms with Gasteiger partial charge in [-0.15, -0.1) is 0 Å². The van der Waals surface area contributed by atoms with Gasteiger partial charge >= 0.3 is 26.0 Å². The maximum Gasteiger partial charge on any atom is 1.00 e. The molecule has 0 unspecified atom stereocenters. The first-order valence-corrected chi connectivity index (χ1v) is 18.6. The Bertz CT molecular complexity index is 1220. The van der Waals surface area contributed by atoms with Gasteiger partial charge in [0.1, 0.15) is 12.1 Å². The third-order valence-electron chi connectivity index (χ3n) is 6.40. The Kier molecular flexibility index (Phi) is 84.7. The summed E-state index contributed by atoms with van der Waals surface area (Å²) in [4.78, 5) is 99.5. The van der Waals surface area contributed by atoms with Crippen molar-refractivity contribution in [3.8, 4) is 0 Å². The number of carboxylic acid groups (broad SMARTS) is 6. The maximum absolute atomic E-state index is 10.3. The van der Waals surface area contributed by atoms with E-state index in [0.29, 0.717) is 81.7 Å². The van der Waals surface area contributed by atoms with Gasteiger partial charge in [-0.1, -0.05) is 12.8 Å². The summed E-state index contributed by atoms with van der Waals surface area (Å²) in [6, 6.07) is -2.78. The number of nitrogens with two attached hydrogens (primary N) is 9. The first-order chi connectivity index (χ1) is 31.0. The molecule has 30 N–H and O–H groups in total. The summed E-state index contributed by atoms with van der Waals surface area (Å²) >= 11 is 0. The molecule has 68 heavy (non-hydrogen) atoms. The molecule has 0 saturated carbocycles. The summed E-state index contributed by atoms with van der Waals surface area (Å²) in [5, 5.41) is 100. The van der Waals surface area contributed by atoms with Gasteiger partial charge in [-0.25, -0.2) is 10.1 Å². The second-order valence-electron chi connectivity index (χ2n) is 12.1. The highest BCUT2D eigenvalue weighted by Gasteiger charge is 2.14. The van der Waals surface area contributed by atoms with Crippen molar-refractivity contribution in [3.05, 3.63) is 0 Å². The topological polar surface area (TPSA) is 741 Å². The number of rotatable bonds is 27. The van der Waals surface area contributed by atoms with Crippen LogP contribution in [0.3, 0.4) is 0 Å². The predicted octanol–water partition coefficient (Wildman–Crippen LogP) is -17.0. The zero-order chi connectivity index (χ0) is 54.8. The molecular formula is C33H72N12O23. The van der Waals surface area contributed by atoms with E-state index < -0.39 is 54.2 Å². The van der Waals surface area contributed by atoms with E-state index in [1.807, 2.05) is 0 Å². The van der Waals surface area contributed by atoms with Crippen molar-refractivity contribution in [1.29, 1.82) is 5.41 Å². The quantitative estimate of drug-likeness (QED) is 0.00907. The fraction of sp³-hybridized carbons (Fsp3) is 0.606. The van der Waals surface area contributed by atoms with Crippen molar-refractivity contribution >= 4 is 78.9 Å². The SMILES string of the molecule is N=C(N)CCCC[C@H](N)C(=O)O.NC(=[NH2+])CCCC[C@H](N)C(=O)[O-].NC(=[NH2+])CCCC[C@H]([NH3+])C(=O)O.NC(=[NH2+])CCCC[C@H]([NH3+])C(=O)[O-].O.O=C([O-])[O-].O=C=O.O=COO.O=CO[O-].O=CO[O-].[H+].[HH]. The Morgan fingerprint density at radius 1 is 0.618 bits per heavy atom. The minimum atomic E-state index is -2.33. The summed E-state index contributed by atoms with van der Waals surface area (Å²) in [6.45, 7) is -0.431. The van der Waals surface area contributed by atoms with Crippen LogP contribution in [0, 0.1) is 5.41 Å². The van der Waals surface area contributed by atoms with Crippen molar-refractivity contribution in [2.45, 2.75) is 127 Å². The number of quaternary nitrogens is 2. The van der Waals surface area contributed by atoms with Crippen LogP contribution in [0.25, 0.3) is 0 Å². The molecule has 0 spiro atoms. The lowest BCUT2D eigenvalue weighted by Crippen LogP contribution is -2.68. The van der Waals surface area contributed by atoms with Gasteiger partial charge in [-0.05, 0) is 57.5 Å². The second kappa shape index (κ2) is 68.6. The van der Waals surface area contributed by atoms with Crippen molar-refractivity contribution in [2.24, 2.45) is 34.4 Å². The van der Waals surface area contributed by atoms with Gasteiger partial charge in [-0.3, -0.25) is 58.0 Å². The molecule has 0 amide bonds. The van der Waals surface area contributed by atoms with Gasteiger partial charge in [0.15, 0.2) is 6.04 Å². The Hall–Kier alpha value is -7.50. The summed E-state index contributed by atoms with van der Waals surface area (Å²) in [6.07, 6.45) is 8.43. The van der Waals surface area contributed by atoms with Crippen LogP contribution in [0.5, 0.6) is 0 Å². The van der Waals surface area contributed by atoms with Crippen molar-refractivity contribution < 1.29 is 145 Å². The molecule has 0 fully saturated rings. The van der Waals surface area contributed by atoms with E-state index >= 15 is 0 Å². The zero-order valence-electron chi connectivity index (χ0n) is 38.1. The van der Waals surface area contributed by atoms with Crippen LogP contribution >= 0.6 is 0 Å². The molecule has 35 heteroatoms. The molecule has 0 rings (SSSR count). The van der Waals surface area contributed by atoms with Gasteiger partial charge in [0.2, 0.25) is 17.5 Å². The molecule has 402 valence electrons. The second-order valence-corrected chi connectivity index (χ2v) is 12.1. The van der Waals surface area contributed by atoms with Crippen molar-refractivity contribution in [3.63, 3.8) is 0 Å². The molecule has 0 aromatic heterocycles. The fourth-order valence-corrected chi connectivity index (χ4v) is 3.30. The first kappa shape index (κ1) is 84.0. The standard InChI is InChI=1S/4C7H15N3O2.4CH2O3.CO2.H2O.H2/c4*8-5(7(11)12)3-1-2-4-6(9)10;3*2-1-4-3;2-1(3)4;2-1-3;;/h4*5H,1-4,8H2,(H3,9,10)(H,11,12);3*1,3H;(H2,2,3,4);;1H2;1H/t4*5-;;;;;;;/m0000......./s1. The molecule has 0 heterocycles. The summed E-state index contributed by atoms with van der Waals surface area (Å²) in [5.41, 5.74) is 38.1. The lowest BCUT2D eigenvalue weighted by molar-refractivity contribution is -0.652. The highest BCUT2D eigenvalue weighted by molar-refractivity contribution is 5.77. The smallest absolute Gasteiger partial charge is 0.662 e. The van der Waals surface area contributed by atoms with Gasteiger partial charge in [-0.2, -0.15) is 9.59 Å². The number of hydrogen-bond acceptors (Lipinski definition) is 23. The summed E-state index contributed by atoms with van der Waals surface area (Å²) in [5.74, 6) is -2.82. The van der Waals surface area contributed by atoms with Crippen LogP contribution in [-0.2, 0) is 57.8 Å². The van der Waals surface area contributed by atoms with Crippen LogP contribution in [0.2, 0.25) is 0 Å². The van der Waals surface area contributed by atoms with Crippen LogP contribution in [0.4, 0.5) is 4.79 Å². The Morgan fingerprint density at radius 2 is 0.882 bits per heavy atom. The monoisotopic (exact) mass is 1000 g/mol. The predicted molar refractivity (Wildman–Crippen MR) is 215 cm³/mol. The Labute approximate surface area is 390 Å². The highest BCUT2D eigenvalue weighted by Crippen LogP contribution is 2.03. The molecule has 35 nitrogen and oxygen atoms in total. The van der Waals surface area contributed by atoms with E-state index in [2.05, 4.69) is 26.1 Å². The average Bonchev–Trinajstić information content (AvgIpc) is 3.24. The lowest BCUT2D eigenvalue weighted by atomic mass is 10.1. The molecule has 0 aliphatic heterocycles. The third-order valence-corrected chi connectivity index (χ3v) is 6.40. The number of carboxylic acids is 4. The molecule has 0 aromatic carbocycles. The molecule has 0 aliphatic carbocycles. The number of unbranched alkanes of at least 4 members (excludes halogenated alkanes) is 4. The average molecular weight is 1010 g/mol. The number of hydrogen-bond donors (Lipinski definition) is 15. The van der Waals surface area contributed by atoms with Gasteiger partial charge in [0.25, 0.3) is 12.9 Å². The largest absolute Gasteiger partial charge is 1.00 e. The van der Waals surface area contributed by atoms with Crippen LogP contribution < -0.4 is 93.0 Å². The maximum atomic E-state index is 10.3. The number of aliphatic carboxylic acids is 4. The van der Waals surface area contributed by atoms with E-state index in [4.69, 9.17) is 121 Å². The molecule has 0 radical (unpaired) electrons. The van der Waals surface area contributed by atoms with E-state index in [0.717, 1.165) is 38.5 Å². The molecule has 0 saturated heterocycles. The number of carbonyl (C=O) groups excluding carboxylic acids is 8. The minimum absolute atomic E-state index is 0. The van der Waals surface area contributed by atoms with Gasteiger partial charge in [0, 0.05) is 46.0 Å². The third kappa shape index (κ3) is 124. The zero-order valence-corrected chi connectivity index (χ0v) is 37.1. The Morgan fingerprint density at radius 3 is 1.09 bits per heavy atom. The Balaban J connectivity index is -0.0000000563. The van der Waals surface area contributed by atoms with E-state index in [1.54, 1.807) is 0 Å². The molecule has 4 atom stereocenters. The number of carbonyl (C=O) groups is 8. The molecular weight excluding hydrogens is 932 g/mol. The first-order valence-electron chi connectivity index (χ1n) is 18.6. The van der Waals surface area contributed by atoms with E-state index in [-0.39, 0.29) is 39.7 Å². The van der Waals surface area contributed by atoms with Crippen LogP contribution in [0.15, 0.2) is 0 Å². The summed E-state index contributed by atoms with van der Waals surface area (Å²) in [7, 11) is 0. The fourth-order valence-electron chi connectivity index (χ4n) is 3.30. The van der Waals surface area contributed by atoms with Crippen molar-refractivity contribution in [2.75, 3.05) is 0 Å². The van der Waals surface area contributed by atoms with Gasteiger partial charge in [0.05, 0.1) is 17.8 Å².